The molecule has 0 radical (unpaired) electrons. The number of allylic oxidation sites excluding steroid dienone is 3. The van der Waals surface area contributed by atoms with Crippen molar-refractivity contribution in [1.82, 2.24) is 0 Å². The van der Waals surface area contributed by atoms with Gasteiger partial charge in [-0.15, -0.1) is 6.58 Å². The van der Waals surface area contributed by atoms with E-state index < -0.39 is 0 Å². The zero-order chi connectivity index (χ0) is 16.1. The van der Waals surface area contributed by atoms with Crippen LogP contribution in [-0.4, -0.2) is 0 Å². The number of hydrogen-bond acceptors (Lipinski definition) is 0. The third kappa shape index (κ3) is 4.34. The molecule has 4 unspecified atom stereocenters. The molecule has 2 aliphatic carbocycles. The van der Waals surface area contributed by atoms with Crippen LogP contribution in [-0.2, 0) is 0 Å². The van der Waals surface area contributed by atoms with E-state index in [9.17, 15) is 4.39 Å². The summed E-state index contributed by atoms with van der Waals surface area (Å²) in [6.07, 6.45) is 17.1. The van der Waals surface area contributed by atoms with Crippen molar-refractivity contribution in [2.75, 3.05) is 0 Å². The van der Waals surface area contributed by atoms with Gasteiger partial charge in [0.2, 0.25) is 0 Å². The Labute approximate surface area is 140 Å². The molecule has 2 saturated carbocycles. The molecule has 1 heteroatoms. The summed E-state index contributed by atoms with van der Waals surface area (Å²) in [4.78, 5) is 0. The van der Waals surface area contributed by atoms with Gasteiger partial charge >= 0.3 is 0 Å². The van der Waals surface area contributed by atoms with Crippen molar-refractivity contribution in [1.29, 1.82) is 0 Å². The minimum Gasteiger partial charge on any atom is -0.207 e. The number of halogens is 1. The van der Waals surface area contributed by atoms with Crippen LogP contribution >= 0.6 is 0 Å². The lowest BCUT2D eigenvalue weighted by molar-refractivity contribution is 0.133. The van der Waals surface area contributed by atoms with Gasteiger partial charge in [-0.2, -0.15) is 0 Å². The molecule has 0 bridgehead atoms. The quantitative estimate of drug-likeness (QED) is 0.422. The smallest absolute Gasteiger partial charge is 0.123 e. The van der Waals surface area contributed by atoms with E-state index in [1.54, 1.807) is 12.1 Å². The van der Waals surface area contributed by atoms with E-state index in [1.165, 1.54) is 44.1 Å². The Morgan fingerprint density at radius 3 is 2.48 bits per heavy atom. The molecule has 0 spiro atoms. The molecule has 0 heterocycles. The first-order valence-corrected chi connectivity index (χ1v) is 9.29. The third-order valence-corrected chi connectivity index (χ3v) is 5.94. The predicted octanol–water partition coefficient (Wildman–Crippen LogP) is 6.65. The van der Waals surface area contributed by atoms with Gasteiger partial charge in [0.1, 0.15) is 5.82 Å². The molecule has 0 amide bonds. The molecule has 0 aliphatic heterocycles. The maximum absolute atomic E-state index is 13.1. The van der Waals surface area contributed by atoms with Crippen molar-refractivity contribution in [3.63, 3.8) is 0 Å². The second kappa shape index (κ2) is 7.95. The van der Waals surface area contributed by atoms with Crippen molar-refractivity contribution < 1.29 is 4.39 Å². The lowest BCUT2D eigenvalue weighted by atomic mass is 9.64. The van der Waals surface area contributed by atoms with E-state index in [-0.39, 0.29) is 5.82 Å². The van der Waals surface area contributed by atoms with E-state index >= 15 is 0 Å². The van der Waals surface area contributed by atoms with Crippen LogP contribution in [0.5, 0.6) is 0 Å². The Bertz CT molecular complexity index is 527. The lowest BCUT2D eigenvalue weighted by Crippen LogP contribution is -2.30. The molecule has 0 aromatic heterocycles. The van der Waals surface area contributed by atoms with Crippen molar-refractivity contribution in [2.24, 2.45) is 17.8 Å². The van der Waals surface area contributed by atoms with E-state index in [0.717, 1.165) is 30.6 Å². The molecule has 4 atom stereocenters. The molecule has 2 fully saturated rings. The summed E-state index contributed by atoms with van der Waals surface area (Å²) in [5.74, 6) is 3.12. The SMILES string of the molecule is C=CCCC=CC1CCC2CC(c3ccc(F)cc3)CCC2C1. The largest absolute Gasteiger partial charge is 0.207 e. The fraction of sp³-hybridized carbons (Fsp3) is 0.545. The fourth-order valence-corrected chi connectivity index (χ4v) is 4.64. The molecule has 1 aromatic carbocycles. The maximum atomic E-state index is 13.1. The first-order chi connectivity index (χ1) is 11.3. The Morgan fingerprint density at radius 1 is 0.957 bits per heavy atom. The highest BCUT2D eigenvalue weighted by Crippen LogP contribution is 2.47. The second-order valence-electron chi connectivity index (χ2n) is 7.45. The molecular weight excluding hydrogens is 283 g/mol. The van der Waals surface area contributed by atoms with Crippen molar-refractivity contribution in [3.05, 3.63) is 60.5 Å². The summed E-state index contributed by atoms with van der Waals surface area (Å²) in [5.41, 5.74) is 1.34. The van der Waals surface area contributed by atoms with Gasteiger partial charge in [-0.1, -0.05) is 30.4 Å². The van der Waals surface area contributed by atoms with Crippen LogP contribution in [0.4, 0.5) is 4.39 Å². The van der Waals surface area contributed by atoms with Gasteiger partial charge in [-0.25, -0.2) is 4.39 Å². The van der Waals surface area contributed by atoms with Gasteiger partial charge in [0.05, 0.1) is 0 Å². The van der Waals surface area contributed by atoms with Gasteiger partial charge in [0.15, 0.2) is 0 Å². The van der Waals surface area contributed by atoms with Crippen molar-refractivity contribution in [3.8, 4) is 0 Å². The van der Waals surface area contributed by atoms with E-state index in [2.05, 4.69) is 18.7 Å². The molecule has 0 nitrogen and oxygen atoms in total. The molecule has 124 valence electrons. The van der Waals surface area contributed by atoms with Crippen LogP contribution < -0.4 is 0 Å². The number of rotatable bonds is 5. The summed E-state index contributed by atoms with van der Waals surface area (Å²) in [7, 11) is 0. The lowest BCUT2D eigenvalue weighted by Gasteiger charge is -2.41. The van der Waals surface area contributed by atoms with Gasteiger partial charge in [0.25, 0.3) is 0 Å². The average Bonchev–Trinajstić information content (AvgIpc) is 2.59. The third-order valence-electron chi connectivity index (χ3n) is 5.94. The number of hydrogen-bond donors (Lipinski definition) is 0. The Morgan fingerprint density at radius 2 is 1.70 bits per heavy atom. The summed E-state index contributed by atoms with van der Waals surface area (Å²) in [6, 6.07) is 7.22. The van der Waals surface area contributed by atoms with Crippen LogP contribution in [0.25, 0.3) is 0 Å². The summed E-state index contributed by atoms with van der Waals surface area (Å²) < 4.78 is 13.1. The normalized spacial score (nSPS) is 31.0. The number of unbranched alkanes of at least 4 members (excludes halogenated alkanes) is 1. The van der Waals surface area contributed by atoms with Gasteiger partial charge in [-0.3, -0.25) is 0 Å². The summed E-state index contributed by atoms with van der Waals surface area (Å²) >= 11 is 0. The highest BCUT2D eigenvalue weighted by atomic mass is 19.1. The highest BCUT2D eigenvalue weighted by molar-refractivity contribution is 5.21. The molecule has 0 saturated heterocycles. The van der Waals surface area contributed by atoms with Crippen LogP contribution in [0.2, 0.25) is 0 Å². The Balaban J connectivity index is 1.53. The van der Waals surface area contributed by atoms with Crippen LogP contribution in [0.1, 0.15) is 62.8 Å². The molecule has 3 rings (SSSR count). The zero-order valence-corrected chi connectivity index (χ0v) is 14.1. The minimum atomic E-state index is -0.119. The van der Waals surface area contributed by atoms with Gasteiger partial charge < -0.3 is 0 Å². The topological polar surface area (TPSA) is 0 Å². The first kappa shape index (κ1) is 16.5. The Hall–Kier alpha value is -1.37. The van der Waals surface area contributed by atoms with Crippen LogP contribution in [0.3, 0.4) is 0 Å². The van der Waals surface area contributed by atoms with Gasteiger partial charge in [-0.05, 0) is 92.7 Å². The standard InChI is InChI=1S/C22H29F/c1-2-3-4-5-6-17-7-8-21-16-20(10-9-19(21)15-17)18-11-13-22(23)14-12-18/h2,5-6,11-14,17,19-21H,1,3-4,7-10,15-16H2. The fourth-order valence-electron chi connectivity index (χ4n) is 4.64. The highest BCUT2D eigenvalue weighted by Gasteiger charge is 2.35. The maximum Gasteiger partial charge on any atom is 0.123 e. The molecule has 2 aliphatic rings. The minimum absolute atomic E-state index is 0.119. The number of fused-ring (bicyclic) bond motifs is 1. The molecule has 23 heavy (non-hydrogen) atoms. The van der Waals surface area contributed by atoms with Crippen molar-refractivity contribution in [2.45, 2.75) is 57.3 Å². The summed E-state index contributed by atoms with van der Waals surface area (Å²) in [5, 5.41) is 0. The van der Waals surface area contributed by atoms with Gasteiger partial charge in [0, 0.05) is 0 Å². The number of benzene rings is 1. The molecular formula is C22H29F. The van der Waals surface area contributed by atoms with E-state index in [1.807, 2.05) is 18.2 Å². The first-order valence-electron chi connectivity index (χ1n) is 9.29. The summed E-state index contributed by atoms with van der Waals surface area (Å²) in [6.45, 7) is 3.78. The molecule has 1 aromatic rings. The zero-order valence-electron chi connectivity index (χ0n) is 14.1. The monoisotopic (exact) mass is 312 g/mol. The van der Waals surface area contributed by atoms with Crippen molar-refractivity contribution >= 4 is 0 Å². The average molecular weight is 312 g/mol. The predicted molar refractivity (Wildman–Crippen MR) is 95.9 cm³/mol. The van der Waals surface area contributed by atoms with E-state index in [0.29, 0.717) is 5.92 Å². The van der Waals surface area contributed by atoms with E-state index in [4.69, 9.17) is 0 Å². The second-order valence-corrected chi connectivity index (χ2v) is 7.45. The molecule has 0 N–H and O–H groups in total. The van der Waals surface area contributed by atoms with Crippen LogP contribution in [0.15, 0.2) is 49.1 Å². The van der Waals surface area contributed by atoms with Crippen LogP contribution in [0, 0.1) is 23.6 Å². The Kier molecular flexibility index (Phi) is 5.70.